The van der Waals surface area contributed by atoms with Gasteiger partial charge >= 0.3 is 5.63 Å². The lowest BCUT2D eigenvalue weighted by Gasteiger charge is -2.09. The summed E-state index contributed by atoms with van der Waals surface area (Å²) in [6, 6.07) is 20.8. The molecule has 4 aromatic rings. The first kappa shape index (κ1) is 19.0. The molecule has 4 nitrogen and oxygen atoms in total. The number of hydrogen-bond donors (Lipinski definition) is 0. The molecule has 29 heavy (non-hydrogen) atoms. The number of halogens is 1. The van der Waals surface area contributed by atoms with Crippen molar-refractivity contribution in [2.24, 2.45) is 0 Å². The van der Waals surface area contributed by atoms with Gasteiger partial charge in [0.25, 0.3) is 0 Å². The van der Waals surface area contributed by atoms with Crippen LogP contribution in [-0.2, 0) is 6.61 Å². The molecule has 1 heterocycles. The molecular formula is C24H17ClO4. The molecule has 0 spiro atoms. The van der Waals surface area contributed by atoms with Gasteiger partial charge in [0, 0.05) is 33.2 Å². The van der Waals surface area contributed by atoms with E-state index in [0.717, 1.165) is 16.5 Å². The topological polar surface area (TPSA) is 56.5 Å². The molecule has 4 rings (SSSR count). The number of hydrogen-bond acceptors (Lipinski definition) is 4. The largest absolute Gasteiger partial charge is 0.489 e. The predicted octanol–water partition coefficient (Wildman–Crippen LogP) is 5.56. The van der Waals surface area contributed by atoms with E-state index in [9.17, 15) is 9.59 Å². The van der Waals surface area contributed by atoms with E-state index >= 15 is 0 Å². The minimum Gasteiger partial charge on any atom is -0.489 e. The molecular weight excluding hydrogens is 388 g/mol. The minimum atomic E-state index is -0.411. The first-order valence-electron chi connectivity index (χ1n) is 9.06. The van der Waals surface area contributed by atoms with E-state index < -0.39 is 5.63 Å². The van der Waals surface area contributed by atoms with Crippen LogP contribution in [-0.4, -0.2) is 5.78 Å². The zero-order valence-corrected chi connectivity index (χ0v) is 16.4. The molecule has 0 unspecified atom stereocenters. The van der Waals surface area contributed by atoms with Crippen LogP contribution in [0.2, 0.25) is 5.02 Å². The van der Waals surface area contributed by atoms with Crippen LogP contribution in [0.25, 0.3) is 11.0 Å². The van der Waals surface area contributed by atoms with Gasteiger partial charge in [-0.1, -0.05) is 23.7 Å². The molecule has 0 bridgehead atoms. The second kappa shape index (κ2) is 7.94. The van der Waals surface area contributed by atoms with E-state index in [4.69, 9.17) is 20.8 Å². The zero-order valence-electron chi connectivity index (χ0n) is 15.6. The molecule has 0 N–H and O–H groups in total. The summed E-state index contributed by atoms with van der Waals surface area (Å²) < 4.78 is 11.1. The van der Waals surface area contributed by atoms with Crippen LogP contribution in [0.15, 0.2) is 82.0 Å². The third-order valence-corrected chi connectivity index (χ3v) is 4.85. The summed E-state index contributed by atoms with van der Waals surface area (Å²) in [7, 11) is 0. The van der Waals surface area contributed by atoms with Gasteiger partial charge in [-0.15, -0.1) is 0 Å². The Morgan fingerprint density at radius 3 is 2.28 bits per heavy atom. The quantitative estimate of drug-likeness (QED) is 0.322. The van der Waals surface area contributed by atoms with Crippen molar-refractivity contribution in [1.82, 2.24) is 0 Å². The summed E-state index contributed by atoms with van der Waals surface area (Å²) >= 11 is 5.87. The van der Waals surface area contributed by atoms with Crippen molar-refractivity contribution in [1.29, 1.82) is 0 Å². The first-order chi connectivity index (χ1) is 14.0. The summed E-state index contributed by atoms with van der Waals surface area (Å²) in [5.41, 5.74) is 3.02. The maximum Gasteiger partial charge on any atom is 0.336 e. The standard InChI is InChI=1S/C24H17ClO4/c1-15-2-11-21-18(13-23(26)29-22(21)12-15)14-28-20-9-5-17(6-10-20)24(27)16-3-7-19(25)8-4-16/h2-13H,14H2,1H3. The van der Waals surface area contributed by atoms with Gasteiger partial charge < -0.3 is 9.15 Å². The number of aryl methyl sites for hydroxylation is 1. The van der Waals surface area contributed by atoms with Gasteiger partial charge in [-0.2, -0.15) is 0 Å². The first-order valence-corrected chi connectivity index (χ1v) is 9.44. The molecule has 0 aliphatic carbocycles. The Kier molecular flexibility index (Phi) is 5.19. The average Bonchev–Trinajstić information content (AvgIpc) is 2.72. The van der Waals surface area contributed by atoms with Gasteiger partial charge in [0.2, 0.25) is 0 Å². The molecule has 0 saturated carbocycles. The fraction of sp³-hybridized carbons (Fsp3) is 0.0833. The molecule has 0 fully saturated rings. The lowest BCUT2D eigenvalue weighted by Crippen LogP contribution is -2.04. The minimum absolute atomic E-state index is 0.0877. The maximum absolute atomic E-state index is 12.5. The summed E-state index contributed by atoms with van der Waals surface area (Å²) in [5.74, 6) is 0.515. The van der Waals surface area contributed by atoms with Gasteiger partial charge in [0.15, 0.2) is 5.78 Å². The molecule has 0 radical (unpaired) electrons. The summed E-state index contributed by atoms with van der Waals surface area (Å²) in [5, 5.41) is 1.42. The van der Waals surface area contributed by atoms with Crippen LogP contribution in [0, 0.1) is 6.92 Å². The molecule has 0 aliphatic heterocycles. The smallest absolute Gasteiger partial charge is 0.336 e. The Morgan fingerprint density at radius 2 is 1.59 bits per heavy atom. The van der Waals surface area contributed by atoms with Crippen LogP contribution in [0.1, 0.15) is 27.0 Å². The van der Waals surface area contributed by atoms with Crippen molar-refractivity contribution in [2.75, 3.05) is 0 Å². The average molecular weight is 405 g/mol. The number of rotatable bonds is 5. The molecule has 1 aromatic heterocycles. The summed E-state index contributed by atoms with van der Waals surface area (Å²) in [6.45, 7) is 2.16. The van der Waals surface area contributed by atoms with E-state index in [2.05, 4.69) is 0 Å². The Labute approximate surface area is 172 Å². The number of carbonyl (C=O) groups is 1. The fourth-order valence-electron chi connectivity index (χ4n) is 3.09. The zero-order chi connectivity index (χ0) is 20.4. The molecule has 0 amide bonds. The van der Waals surface area contributed by atoms with Gasteiger partial charge in [-0.25, -0.2) is 4.79 Å². The van der Waals surface area contributed by atoms with Crippen molar-refractivity contribution in [2.45, 2.75) is 13.5 Å². The van der Waals surface area contributed by atoms with Crippen LogP contribution in [0.5, 0.6) is 5.75 Å². The van der Waals surface area contributed by atoms with Crippen LogP contribution in [0.4, 0.5) is 0 Å². The highest BCUT2D eigenvalue weighted by molar-refractivity contribution is 6.30. The van der Waals surface area contributed by atoms with E-state index in [0.29, 0.717) is 27.5 Å². The molecule has 144 valence electrons. The highest BCUT2D eigenvalue weighted by atomic mass is 35.5. The summed E-state index contributed by atoms with van der Waals surface area (Å²) in [6.07, 6.45) is 0. The number of ketones is 1. The van der Waals surface area contributed by atoms with Crippen molar-refractivity contribution in [3.05, 3.63) is 110 Å². The highest BCUT2D eigenvalue weighted by Crippen LogP contribution is 2.22. The Balaban J connectivity index is 1.51. The number of ether oxygens (including phenoxy) is 1. The van der Waals surface area contributed by atoms with Crippen molar-refractivity contribution >= 4 is 28.4 Å². The van der Waals surface area contributed by atoms with Crippen molar-refractivity contribution < 1.29 is 13.9 Å². The SMILES string of the molecule is Cc1ccc2c(COc3ccc(C(=O)c4ccc(Cl)cc4)cc3)cc(=O)oc2c1. The second-order valence-corrected chi connectivity index (χ2v) is 7.18. The third kappa shape index (κ3) is 4.23. The molecule has 3 aromatic carbocycles. The molecule has 0 atom stereocenters. The van der Waals surface area contributed by atoms with E-state index in [1.54, 1.807) is 48.5 Å². The summed E-state index contributed by atoms with van der Waals surface area (Å²) in [4.78, 5) is 24.4. The lowest BCUT2D eigenvalue weighted by molar-refractivity contribution is 0.103. The van der Waals surface area contributed by atoms with Crippen molar-refractivity contribution in [3.63, 3.8) is 0 Å². The molecule has 5 heteroatoms. The van der Waals surface area contributed by atoms with Gasteiger partial charge in [-0.3, -0.25) is 4.79 Å². The maximum atomic E-state index is 12.5. The number of fused-ring (bicyclic) bond motifs is 1. The Bertz CT molecular complexity index is 1240. The van der Waals surface area contributed by atoms with Crippen LogP contribution in [0.3, 0.4) is 0 Å². The van der Waals surface area contributed by atoms with E-state index in [1.165, 1.54) is 6.07 Å². The monoisotopic (exact) mass is 404 g/mol. The fourth-order valence-corrected chi connectivity index (χ4v) is 3.21. The van der Waals surface area contributed by atoms with E-state index in [-0.39, 0.29) is 12.4 Å². The lowest BCUT2D eigenvalue weighted by atomic mass is 10.0. The number of benzene rings is 3. The highest BCUT2D eigenvalue weighted by Gasteiger charge is 2.10. The Hall–Kier alpha value is -3.37. The second-order valence-electron chi connectivity index (χ2n) is 6.74. The third-order valence-electron chi connectivity index (χ3n) is 4.60. The van der Waals surface area contributed by atoms with Crippen LogP contribution < -0.4 is 10.4 Å². The van der Waals surface area contributed by atoms with Crippen LogP contribution >= 0.6 is 11.6 Å². The number of carbonyl (C=O) groups excluding carboxylic acids is 1. The van der Waals surface area contributed by atoms with Crippen molar-refractivity contribution in [3.8, 4) is 5.75 Å². The van der Waals surface area contributed by atoms with Gasteiger partial charge in [-0.05, 0) is 67.1 Å². The van der Waals surface area contributed by atoms with Gasteiger partial charge in [0.1, 0.15) is 17.9 Å². The molecule has 0 aliphatic rings. The Morgan fingerprint density at radius 1 is 0.931 bits per heavy atom. The van der Waals surface area contributed by atoms with E-state index in [1.807, 2.05) is 25.1 Å². The molecule has 0 saturated heterocycles. The normalized spacial score (nSPS) is 10.8. The van der Waals surface area contributed by atoms with Gasteiger partial charge in [0.05, 0.1) is 0 Å². The predicted molar refractivity (Wildman–Crippen MR) is 113 cm³/mol.